The standard InChI is InChI=1S/C9H10N2O3/c12-6-3-1-2-5(6)7-8(13)10-4-11-9(7)14/h4-5H,1-3H2,(H2,10,11,13,14). The lowest BCUT2D eigenvalue weighted by atomic mass is 9.99. The molecule has 74 valence electrons. The Morgan fingerprint density at radius 2 is 2.29 bits per heavy atom. The average Bonchev–Trinajstić information content (AvgIpc) is 2.52. The second kappa shape index (κ2) is 3.25. The van der Waals surface area contributed by atoms with Crippen LogP contribution >= 0.6 is 0 Å². The summed E-state index contributed by atoms with van der Waals surface area (Å²) in [5.74, 6) is -0.778. The van der Waals surface area contributed by atoms with Crippen LogP contribution < -0.4 is 5.56 Å². The van der Waals surface area contributed by atoms with Gasteiger partial charge in [0.1, 0.15) is 5.78 Å². The summed E-state index contributed by atoms with van der Waals surface area (Å²) in [7, 11) is 0. The Labute approximate surface area is 79.8 Å². The van der Waals surface area contributed by atoms with E-state index in [2.05, 4.69) is 9.97 Å². The Bertz CT molecular complexity index is 424. The first kappa shape index (κ1) is 8.93. The van der Waals surface area contributed by atoms with Gasteiger partial charge >= 0.3 is 0 Å². The summed E-state index contributed by atoms with van der Waals surface area (Å²) in [5.41, 5.74) is -0.298. The van der Waals surface area contributed by atoms with Crippen LogP contribution in [-0.2, 0) is 4.79 Å². The molecule has 1 aromatic heterocycles. The largest absolute Gasteiger partial charge is 0.493 e. The van der Waals surface area contributed by atoms with Gasteiger partial charge in [0.15, 0.2) is 0 Å². The maximum absolute atomic E-state index is 11.4. The van der Waals surface area contributed by atoms with E-state index in [1.807, 2.05) is 0 Å². The highest BCUT2D eigenvalue weighted by Gasteiger charge is 2.30. The van der Waals surface area contributed by atoms with Crippen molar-refractivity contribution in [2.75, 3.05) is 0 Å². The fourth-order valence-corrected chi connectivity index (χ4v) is 1.84. The minimum Gasteiger partial charge on any atom is -0.493 e. The van der Waals surface area contributed by atoms with E-state index < -0.39 is 11.5 Å². The van der Waals surface area contributed by atoms with Crippen molar-refractivity contribution in [1.82, 2.24) is 9.97 Å². The number of rotatable bonds is 1. The number of aromatic hydroxyl groups is 1. The molecule has 0 amide bonds. The van der Waals surface area contributed by atoms with Crippen LogP contribution in [0.2, 0.25) is 0 Å². The summed E-state index contributed by atoms with van der Waals surface area (Å²) in [6, 6.07) is 0. The second-order valence-electron chi connectivity index (χ2n) is 3.38. The predicted molar refractivity (Wildman–Crippen MR) is 48.1 cm³/mol. The number of hydrogen-bond donors (Lipinski definition) is 2. The highest BCUT2D eigenvalue weighted by molar-refractivity contribution is 5.87. The molecule has 0 saturated heterocycles. The Morgan fingerprint density at radius 1 is 1.50 bits per heavy atom. The van der Waals surface area contributed by atoms with Crippen LogP contribution in [-0.4, -0.2) is 20.9 Å². The zero-order valence-electron chi connectivity index (χ0n) is 7.49. The van der Waals surface area contributed by atoms with Crippen LogP contribution in [0.4, 0.5) is 0 Å². The summed E-state index contributed by atoms with van der Waals surface area (Å²) in [6.45, 7) is 0. The van der Waals surface area contributed by atoms with E-state index in [4.69, 9.17) is 0 Å². The van der Waals surface area contributed by atoms with Crippen molar-refractivity contribution >= 4 is 5.78 Å². The molecule has 5 heteroatoms. The van der Waals surface area contributed by atoms with E-state index in [0.717, 1.165) is 12.7 Å². The lowest BCUT2D eigenvalue weighted by Gasteiger charge is -2.07. The molecule has 1 fully saturated rings. The molecule has 1 atom stereocenters. The maximum atomic E-state index is 11.4. The second-order valence-corrected chi connectivity index (χ2v) is 3.38. The lowest BCUT2D eigenvalue weighted by molar-refractivity contribution is -0.118. The molecule has 2 rings (SSSR count). The summed E-state index contributed by atoms with van der Waals surface area (Å²) < 4.78 is 0. The lowest BCUT2D eigenvalue weighted by Crippen LogP contribution is -2.19. The van der Waals surface area contributed by atoms with Gasteiger partial charge in [-0.1, -0.05) is 0 Å². The fraction of sp³-hybridized carbons (Fsp3) is 0.444. The molecule has 0 spiro atoms. The van der Waals surface area contributed by atoms with Crippen molar-refractivity contribution in [2.24, 2.45) is 0 Å². The number of H-pyrrole nitrogens is 1. The van der Waals surface area contributed by atoms with Crippen LogP contribution in [0.5, 0.6) is 5.88 Å². The van der Waals surface area contributed by atoms with Crippen LogP contribution in [0, 0.1) is 0 Å². The summed E-state index contributed by atoms with van der Waals surface area (Å²) in [5, 5.41) is 9.39. The number of ketones is 1. The Kier molecular flexibility index (Phi) is 2.07. The molecule has 0 radical (unpaired) electrons. The van der Waals surface area contributed by atoms with Gasteiger partial charge in [0.2, 0.25) is 5.88 Å². The molecule has 1 saturated carbocycles. The molecular formula is C9H10N2O3. The number of aromatic nitrogens is 2. The number of nitrogens with zero attached hydrogens (tertiary/aromatic N) is 1. The van der Waals surface area contributed by atoms with Crippen molar-refractivity contribution in [3.63, 3.8) is 0 Å². The van der Waals surface area contributed by atoms with Crippen molar-refractivity contribution in [1.29, 1.82) is 0 Å². The van der Waals surface area contributed by atoms with E-state index >= 15 is 0 Å². The number of carbonyl (C=O) groups excluding carboxylic acids is 1. The predicted octanol–water partition coefficient (Wildman–Crippen LogP) is 0.312. The van der Waals surface area contributed by atoms with Gasteiger partial charge in [-0.3, -0.25) is 9.59 Å². The molecule has 1 aliphatic rings. The van der Waals surface area contributed by atoms with Gasteiger partial charge in [-0.2, -0.15) is 0 Å². The summed E-state index contributed by atoms with van der Waals surface area (Å²) >= 11 is 0. The third kappa shape index (κ3) is 1.30. The average molecular weight is 194 g/mol. The van der Waals surface area contributed by atoms with Crippen LogP contribution in [0.3, 0.4) is 0 Å². The highest BCUT2D eigenvalue weighted by atomic mass is 16.3. The smallest absolute Gasteiger partial charge is 0.258 e. The highest BCUT2D eigenvalue weighted by Crippen LogP contribution is 2.32. The third-order valence-corrected chi connectivity index (χ3v) is 2.52. The van der Waals surface area contributed by atoms with Gasteiger partial charge in [0, 0.05) is 6.42 Å². The minimum absolute atomic E-state index is 0.0128. The number of nitrogens with one attached hydrogen (secondary N) is 1. The van der Waals surface area contributed by atoms with Gasteiger partial charge in [0.25, 0.3) is 5.56 Å². The molecule has 2 N–H and O–H groups in total. The van der Waals surface area contributed by atoms with Gasteiger partial charge in [-0.25, -0.2) is 4.98 Å². The molecule has 1 aromatic rings. The first-order valence-corrected chi connectivity index (χ1v) is 4.49. The first-order valence-electron chi connectivity index (χ1n) is 4.49. The van der Waals surface area contributed by atoms with E-state index in [0.29, 0.717) is 12.8 Å². The quantitative estimate of drug-likeness (QED) is 0.674. The van der Waals surface area contributed by atoms with E-state index in [1.165, 1.54) is 0 Å². The molecule has 5 nitrogen and oxygen atoms in total. The van der Waals surface area contributed by atoms with Crippen LogP contribution in [0.1, 0.15) is 30.7 Å². The fourth-order valence-electron chi connectivity index (χ4n) is 1.84. The van der Waals surface area contributed by atoms with Crippen molar-refractivity contribution in [3.8, 4) is 5.88 Å². The molecule has 0 aromatic carbocycles. The van der Waals surface area contributed by atoms with Crippen LogP contribution in [0.15, 0.2) is 11.1 Å². The van der Waals surface area contributed by atoms with Gasteiger partial charge in [-0.15, -0.1) is 0 Å². The number of Topliss-reactive ketones (excluding diaryl/α,β-unsaturated/α-hetero) is 1. The van der Waals surface area contributed by atoms with Crippen LogP contribution in [0.25, 0.3) is 0 Å². The monoisotopic (exact) mass is 194 g/mol. The molecule has 1 heterocycles. The third-order valence-electron chi connectivity index (χ3n) is 2.52. The molecule has 1 aliphatic carbocycles. The van der Waals surface area contributed by atoms with Crippen molar-refractivity contribution < 1.29 is 9.90 Å². The van der Waals surface area contributed by atoms with E-state index in [9.17, 15) is 14.7 Å². The van der Waals surface area contributed by atoms with Gasteiger partial charge < -0.3 is 10.1 Å². The van der Waals surface area contributed by atoms with Crippen molar-refractivity contribution in [3.05, 3.63) is 22.2 Å². The molecule has 14 heavy (non-hydrogen) atoms. The Balaban J connectivity index is 2.50. The van der Waals surface area contributed by atoms with Gasteiger partial charge in [-0.05, 0) is 12.8 Å². The topological polar surface area (TPSA) is 83.0 Å². The number of hydrogen-bond acceptors (Lipinski definition) is 4. The minimum atomic E-state index is -0.465. The SMILES string of the molecule is O=C1CCCC1c1c(O)nc[nH]c1=O. The van der Waals surface area contributed by atoms with E-state index in [1.54, 1.807) is 0 Å². The zero-order valence-corrected chi connectivity index (χ0v) is 7.49. The summed E-state index contributed by atoms with van der Waals surface area (Å²) in [6.07, 6.45) is 3.01. The Morgan fingerprint density at radius 3 is 2.86 bits per heavy atom. The molecule has 1 unspecified atom stereocenters. The molecular weight excluding hydrogens is 184 g/mol. The normalized spacial score (nSPS) is 21.4. The van der Waals surface area contributed by atoms with E-state index in [-0.39, 0.29) is 17.2 Å². The molecule has 0 aliphatic heterocycles. The number of aromatic amines is 1. The summed E-state index contributed by atoms with van der Waals surface area (Å²) in [4.78, 5) is 28.7. The number of carbonyl (C=O) groups is 1. The van der Waals surface area contributed by atoms with Gasteiger partial charge in [0.05, 0.1) is 17.8 Å². The zero-order chi connectivity index (χ0) is 10.1. The maximum Gasteiger partial charge on any atom is 0.258 e. The van der Waals surface area contributed by atoms with Crippen molar-refractivity contribution in [2.45, 2.75) is 25.2 Å². The molecule has 0 bridgehead atoms. The first-order chi connectivity index (χ1) is 6.70. The Hall–Kier alpha value is -1.65.